The van der Waals surface area contributed by atoms with Crippen molar-refractivity contribution in [2.24, 2.45) is 5.92 Å². The van der Waals surface area contributed by atoms with Gasteiger partial charge >= 0.3 is 17.9 Å². The van der Waals surface area contributed by atoms with Crippen LogP contribution in [-0.2, 0) is 28.6 Å². The van der Waals surface area contributed by atoms with E-state index in [4.69, 9.17) is 14.2 Å². The van der Waals surface area contributed by atoms with Crippen molar-refractivity contribution in [1.29, 1.82) is 0 Å². The van der Waals surface area contributed by atoms with E-state index in [9.17, 15) is 14.4 Å². The van der Waals surface area contributed by atoms with Gasteiger partial charge in [-0.05, 0) is 25.2 Å². The quantitative estimate of drug-likeness (QED) is 0.0346. The van der Waals surface area contributed by atoms with Crippen molar-refractivity contribution < 1.29 is 28.6 Å². The number of rotatable bonds is 47. The van der Waals surface area contributed by atoms with E-state index in [0.717, 1.165) is 63.7 Å². The SMILES string of the molecule is CCCCCCCCCCCCCCCCC(=O)OC[C@H](COC(=O)CCCCCCCCC)OC(=O)CCCCCCCCCCCCCCCCCCC(C)C. The van der Waals surface area contributed by atoms with Crippen LogP contribution >= 0.6 is 0 Å². The predicted molar refractivity (Wildman–Crippen MR) is 247 cm³/mol. The molecule has 6 heteroatoms. The summed E-state index contributed by atoms with van der Waals surface area (Å²) in [5.41, 5.74) is 0. The van der Waals surface area contributed by atoms with Crippen LogP contribution in [0.25, 0.3) is 0 Å². The van der Waals surface area contributed by atoms with Gasteiger partial charge in [0.05, 0.1) is 0 Å². The molecule has 6 nitrogen and oxygen atoms in total. The Bertz CT molecular complexity index is 872. The van der Waals surface area contributed by atoms with Crippen LogP contribution in [0.3, 0.4) is 0 Å². The summed E-state index contributed by atoms with van der Waals surface area (Å²) in [7, 11) is 0. The summed E-state index contributed by atoms with van der Waals surface area (Å²) < 4.78 is 16.7. The number of unbranched alkanes of at least 4 members (excludes halogenated alkanes) is 34. The molecule has 0 aromatic carbocycles. The van der Waals surface area contributed by atoms with Gasteiger partial charge in [-0.3, -0.25) is 14.4 Å². The van der Waals surface area contributed by atoms with E-state index in [1.165, 1.54) is 186 Å². The summed E-state index contributed by atoms with van der Waals surface area (Å²) in [5.74, 6) is 0.00107. The van der Waals surface area contributed by atoms with Gasteiger partial charge in [0, 0.05) is 19.3 Å². The van der Waals surface area contributed by atoms with E-state index in [0.29, 0.717) is 19.3 Å². The fourth-order valence-corrected chi connectivity index (χ4v) is 7.86. The molecule has 0 fully saturated rings. The maximum atomic E-state index is 12.8. The molecule has 0 N–H and O–H groups in total. The van der Waals surface area contributed by atoms with Crippen LogP contribution in [0, 0.1) is 5.92 Å². The molecule has 0 aliphatic carbocycles. The summed E-state index contributed by atoms with van der Waals surface area (Å²) in [6.45, 7) is 9.00. The molecule has 0 aromatic heterocycles. The molecule has 0 aliphatic rings. The average Bonchev–Trinajstić information content (AvgIpc) is 3.21. The van der Waals surface area contributed by atoms with Crippen molar-refractivity contribution in [3.8, 4) is 0 Å². The van der Waals surface area contributed by atoms with Crippen molar-refractivity contribution in [2.45, 2.75) is 297 Å². The van der Waals surface area contributed by atoms with Crippen molar-refractivity contribution in [1.82, 2.24) is 0 Å². The third-order valence-electron chi connectivity index (χ3n) is 11.8. The average molecular weight is 821 g/mol. The summed E-state index contributed by atoms with van der Waals surface area (Å²) in [5, 5.41) is 0. The van der Waals surface area contributed by atoms with E-state index in [1.807, 2.05) is 0 Å². The van der Waals surface area contributed by atoms with Gasteiger partial charge in [0.25, 0.3) is 0 Å². The number of carbonyl (C=O) groups excluding carboxylic acids is 3. The minimum atomic E-state index is -0.759. The zero-order chi connectivity index (χ0) is 42.4. The minimum Gasteiger partial charge on any atom is -0.462 e. The molecule has 344 valence electrons. The fraction of sp³-hybridized carbons (Fsp3) is 0.942. The summed E-state index contributed by atoms with van der Waals surface area (Å²) >= 11 is 0. The zero-order valence-corrected chi connectivity index (χ0v) is 39.5. The van der Waals surface area contributed by atoms with E-state index in [1.54, 1.807) is 0 Å². The summed E-state index contributed by atoms with van der Waals surface area (Å²) in [6, 6.07) is 0. The lowest BCUT2D eigenvalue weighted by Crippen LogP contribution is -2.30. The molecule has 0 aliphatic heterocycles. The third kappa shape index (κ3) is 45.5. The van der Waals surface area contributed by atoms with Crippen molar-refractivity contribution in [3.63, 3.8) is 0 Å². The van der Waals surface area contributed by atoms with Crippen LogP contribution in [0.5, 0.6) is 0 Å². The lowest BCUT2D eigenvalue weighted by Gasteiger charge is -2.18. The number of hydrogen-bond acceptors (Lipinski definition) is 6. The van der Waals surface area contributed by atoms with Crippen molar-refractivity contribution in [2.75, 3.05) is 13.2 Å². The number of esters is 3. The van der Waals surface area contributed by atoms with Crippen LogP contribution in [0.1, 0.15) is 291 Å². The maximum Gasteiger partial charge on any atom is 0.306 e. The number of hydrogen-bond donors (Lipinski definition) is 0. The summed E-state index contributed by atoms with van der Waals surface area (Å²) in [6.07, 6.45) is 48.2. The topological polar surface area (TPSA) is 78.9 Å². The van der Waals surface area contributed by atoms with Crippen LogP contribution in [-0.4, -0.2) is 37.2 Å². The molecule has 0 aromatic rings. The van der Waals surface area contributed by atoms with E-state index >= 15 is 0 Å². The molecule has 0 unspecified atom stereocenters. The Morgan fingerprint density at radius 1 is 0.328 bits per heavy atom. The predicted octanol–water partition coefficient (Wildman–Crippen LogP) is 16.7. The summed E-state index contributed by atoms with van der Waals surface area (Å²) in [4.78, 5) is 37.8. The molecular formula is C52H100O6. The highest BCUT2D eigenvalue weighted by molar-refractivity contribution is 5.71. The molecule has 1 atom stereocenters. The molecule has 0 saturated heterocycles. The van der Waals surface area contributed by atoms with Crippen molar-refractivity contribution >= 4 is 17.9 Å². The van der Waals surface area contributed by atoms with E-state index in [2.05, 4.69) is 27.7 Å². The Morgan fingerprint density at radius 2 is 0.569 bits per heavy atom. The lowest BCUT2D eigenvalue weighted by atomic mass is 10.0. The standard InChI is InChI=1S/C52H100O6/c1-5-7-9-11-13-14-15-16-22-25-28-32-36-40-44-51(54)57-47-49(46-56-50(53)43-39-35-30-12-10-8-6-2)58-52(55)45-41-37-33-29-26-23-20-18-17-19-21-24-27-31-34-38-42-48(3)4/h48-49H,5-47H2,1-4H3/t49-/m0/s1. The number of carbonyl (C=O) groups is 3. The molecule has 0 spiro atoms. The number of ether oxygens (including phenoxy) is 3. The fourth-order valence-electron chi connectivity index (χ4n) is 7.86. The highest BCUT2D eigenvalue weighted by Gasteiger charge is 2.19. The van der Waals surface area contributed by atoms with Gasteiger partial charge in [-0.15, -0.1) is 0 Å². The van der Waals surface area contributed by atoms with Crippen LogP contribution in [0.15, 0.2) is 0 Å². The Hall–Kier alpha value is -1.59. The second-order valence-corrected chi connectivity index (χ2v) is 18.3. The lowest BCUT2D eigenvalue weighted by molar-refractivity contribution is -0.167. The first-order valence-corrected chi connectivity index (χ1v) is 25.9. The van der Waals surface area contributed by atoms with Gasteiger partial charge in [0.2, 0.25) is 0 Å². The molecule has 0 rings (SSSR count). The second-order valence-electron chi connectivity index (χ2n) is 18.3. The Balaban J connectivity index is 4.18. The van der Waals surface area contributed by atoms with Gasteiger partial charge in [-0.2, -0.15) is 0 Å². The van der Waals surface area contributed by atoms with E-state index in [-0.39, 0.29) is 31.1 Å². The zero-order valence-electron chi connectivity index (χ0n) is 39.5. The molecular weight excluding hydrogens is 721 g/mol. The largest absolute Gasteiger partial charge is 0.462 e. The molecule has 0 amide bonds. The first-order valence-electron chi connectivity index (χ1n) is 25.9. The smallest absolute Gasteiger partial charge is 0.306 e. The van der Waals surface area contributed by atoms with Crippen molar-refractivity contribution in [3.05, 3.63) is 0 Å². The first-order chi connectivity index (χ1) is 28.4. The highest BCUT2D eigenvalue weighted by Crippen LogP contribution is 2.17. The molecule has 0 radical (unpaired) electrons. The van der Waals surface area contributed by atoms with Gasteiger partial charge in [-0.25, -0.2) is 0 Å². The van der Waals surface area contributed by atoms with Gasteiger partial charge in [0.1, 0.15) is 13.2 Å². The Morgan fingerprint density at radius 3 is 0.845 bits per heavy atom. The highest BCUT2D eigenvalue weighted by atomic mass is 16.6. The third-order valence-corrected chi connectivity index (χ3v) is 11.8. The van der Waals surface area contributed by atoms with Crippen LogP contribution in [0.4, 0.5) is 0 Å². The second kappa shape index (κ2) is 46.5. The minimum absolute atomic E-state index is 0.0630. The molecule has 58 heavy (non-hydrogen) atoms. The van der Waals surface area contributed by atoms with E-state index < -0.39 is 6.10 Å². The molecule has 0 bridgehead atoms. The maximum absolute atomic E-state index is 12.8. The van der Waals surface area contributed by atoms with Crippen LogP contribution in [0.2, 0.25) is 0 Å². The Kier molecular flexibility index (Phi) is 45.2. The molecule has 0 heterocycles. The first kappa shape index (κ1) is 56.4. The van der Waals surface area contributed by atoms with Gasteiger partial charge in [0.15, 0.2) is 6.10 Å². The van der Waals surface area contributed by atoms with Gasteiger partial charge in [-0.1, -0.05) is 252 Å². The monoisotopic (exact) mass is 821 g/mol. The Labute approximate surface area is 361 Å². The molecule has 0 saturated carbocycles. The van der Waals surface area contributed by atoms with Crippen LogP contribution < -0.4 is 0 Å². The van der Waals surface area contributed by atoms with Gasteiger partial charge < -0.3 is 14.2 Å². The normalized spacial score (nSPS) is 11.9.